The highest BCUT2D eigenvalue weighted by Gasteiger charge is 2.13. The van der Waals surface area contributed by atoms with Crippen LogP contribution in [0.15, 0.2) is 60.8 Å². The van der Waals surface area contributed by atoms with Crippen LogP contribution in [-0.4, -0.2) is 16.8 Å². The molecular weight excluding hydrogens is 374 g/mol. The second kappa shape index (κ2) is 8.67. The van der Waals surface area contributed by atoms with E-state index in [4.69, 9.17) is 11.6 Å². The summed E-state index contributed by atoms with van der Waals surface area (Å²) in [6.45, 7) is 4.17. The maximum atomic E-state index is 12.6. The fourth-order valence-electron chi connectivity index (χ4n) is 2.67. The van der Waals surface area contributed by atoms with E-state index in [9.17, 15) is 9.59 Å². The minimum atomic E-state index is -0.366. The zero-order valence-electron chi connectivity index (χ0n) is 15.6. The smallest absolute Gasteiger partial charge is 0.274 e. The largest absolute Gasteiger partial charge is 0.348 e. The number of carbonyl (C=O) groups excluding carboxylic acids is 2. The first-order valence-corrected chi connectivity index (χ1v) is 9.18. The van der Waals surface area contributed by atoms with Crippen molar-refractivity contribution in [1.29, 1.82) is 0 Å². The highest BCUT2D eigenvalue weighted by atomic mass is 35.5. The third-order valence-corrected chi connectivity index (χ3v) is 4.66. The number of nitrogens with zero attached hydrogens (tertiary/aromatic N) is 1. The topological polar surface area (TPSA) is 71.1 Å². The molecule has 5 nitrogen and oxygen atoms in total. The van der Waals surface area contributed by atoms with Crippen LogP contribution in [0.2, 0.25) is 5.02 Å². The van der Waals surface area contributed by atoms with E-state index in [0.717, 1.165) is 22.4 Å². The molecule has 28 heavy (non-hydrogen) atoms. The van der Waals surface area contributed by atoms with E-state index in [2.05, 4.69) is 15.6 Å². The summed E-state index contributed by atoms with van der Waals surface area (Å²) in [4.78, 5) is 29.1. The van der Waals surface area contributed by atoms with Gasteiger partial charge < -0.3 is 10.6 Å². The van der Waals surface area contributed by atoms with Gasteiger partial charge in [0.1, 0.15) is 5.69 Å². The van der Waals surface area contributed by atoms with Crippen LogP contribution in [-0.2, 0) is 6.54 Å². The van der Waals surface area contributed by atoms with Gasteiger partial charge in [-0.05, 0) is 54.8 Å². The van der Waals surface area contributed by atoms with Gasteiger partial charge in [-0.15, -0.1) is 0 Å². The molecule has 142 valence electrons. The number of rotatable bonds is 5. The summed E-state index contributed by atoms with van der Waals surface area (Å²) in [6.07, 6.45) is 1.45. The Kier molecular flexibility index (Phi) is 6.06. The number of aromatic nitrogens is 1. The number of hydrogen-bond acceptors (Lipinski definition) is 3. The Hall–Kier alpha value is -3.18. The predicted molar refractivity (Wildman–Crippen MR) is 111 cm³/mol. The minimum Gasteiger partial charge on any atom is -0.348 e. The number of anilines is 1. The Bertz CT molecular complexity index is 1030. The van der Waals surface area contributed by atoms with Crippen molar-refractivity contribution in [3.05, 3.63) is 93.8 Å². The molecule has 2 amide bonds. The molecule has 2 aromatic carbocycles. The van der Waals surface area contributed by atoms with E-state index in [0.29, 0.717) is 17.1 Å². The van der Waals surface area contributed by atoms with Gasteiger partial charge in [-0.25, -0.2) is 0 Å². The summed E-state index contributed by atoms with van der Waals surface area (Å²) in [7, 11) is 0. The standard InChI is InChI=1S/C22H20ClN3O2/c1-14-7-8-15(2)19(11-14)26-22(28)20-12-16(9-10-24-20)21(27)25-13-17-5-3-4-6-18(17)23/h3-12H,13H2,1-2H3,(H,25,27)(H,26,28). The van der Waals surface area contributed by atoms with Gasteiger partial charge in [0.05, 0.1) is 0 Å². The van der Waals surface area contributed by atoms with Crippen LogP contribution < -0.4 is 10.6 Å². The molecule has 6 heteroatoms. The summed E-state index contributed by atoms with van der Waals surface area (Å²) in [5.41, 5.74) is 4.06. The highest BCUT2D eigenvalue weighted by molar-refractivity contribution is 6.31. The molecule has 2 N–H and O–H groups in total. The lowest BCUT2D eigenvalue weighted by Gasteiger charge is -2.10. The van der Waals surface area contributed by atoms with Crippen molar-refractivity contribution in [1.82, 2.24) is 10.3 Å². The van der Waals surface area contributed by atoms with Crippen molar-refractivity contribution in [2.45, 2.75) is 20.4 Å². The zero-order chi connectivity index (χ0) is 20.1. The number of hydrogen-bond donors (Lipinski definition) is 2. The molecule has 0 aliphatic carbocycles. The number of carbonyl (C=O) groups is 2. The van der Waals surface area contributed by atoms with Crippen molar-refractivity contribution in [3.63, 3.8) is 0 Å². The summed E-state index contributed by atoms with van der Waals surface area (Å²) >= 11 is 6.11. The van der Waals surface area contributed by atoms with Gasteiger partial charge in [0.25, 0.3) is 11.8 Å². The molecule has 0 spiro atoms. The summed E-state index contributed by atoms with van der Waals surface area (Å²) in [5.74, 6) is -0.669. The SMILES string of the molecule is Cc1ccc(C)c(NC(=O)c2cc(C(=O)NCc3ccccc3Cl)ccn2)c1. The molecule has 0 atom stereocenters. The van der Waals surface area contributed by atoms with E-state index < -0.39 is 0 Å². The summed E-state index contributed by atoms with van der Waals surface area (Å²) in [5, 5.41) is 6.24. The van der Waals surface area contributed by atoms with Crippen LogP contribution in [0.25, 0.3) is 0 Å². The Labute approximate surface area is 168 Å². The molecule has 3 rings (SSSR count). The lowest BCUT2D eigenvalue weighted by molar-refractivity contribution is 0.0951. The molecule has 0 aliphatic heterocycles. The van der Waals surface area contributed by atoms with Gasteiger partial charge in [0.2, 0.25) is 0 Å². The van der Waals surface area contributed by atoms with Crippen molar-refractivity contribution in [3.8, 4) is 0 Å². The fourth-order valence-corrected chi connectivity index (χ4v) is 2.87. The van der Waals surface area contributed by atoms with Crippen molar-refractivity contribution in [2.75, 3.05) is 5.32 Å². The van der Waals surface area contributed by atoms with E-state index >= 15 is 0 Å². The molecular formula is C22H20ClN3O2. The number of halogens is 1. The quantitative estimate of drug-likeness (QED) is 0.668. The Morgan fingerprint density at radius 3 is 2.57 bits per heavy atom. The van der Waals surface area contributed by atoms with Crippen LogP contribution in [0.4, 0.5) is 5.69 Å². The molecule has 3 aromatic rings. The third-order valence-electron chi connectivity index (χ3n) is 4.29. The number of benzene rings is 2. The van der Waals surface area contributed by atoms with Crippen LogP contribution >= 0.6 is 11.6 Å². The third kappa shape index (κ3) is 4.75. The van der Waals surface area contributed by atoms with Crippen LogP contribution in [0.3, 0.4) is 0 Å². The van der Waals surface area contributed by atoms with Gasteiger partial charge >= 0.3 is 0 Å². The van der Waals surface area contributed by atoms with Crippen molar-refractivity contribution < 1.29 is 9.59 Å². The van der Waals surface area contributed by atoms with Gasteiger partial charge in [-0.2, -0.15) is 0 Å². The van der Waals surface area contributed by atoms with E-state index in [-0.39, 0.29) is 17.5 Å². The second-order valence-corrected chi connectivity index (χ2v) is 6.88. The number of aryl methyl sites for hydroxylation is 2. The molecule has 0 unspecified atom stereocenters. The molecule has 0 bridgehead atoms. The number of amides is 2. The second-order valence-electron chi connectivity index (χ2n) is 6.48. The van der Waals surface area contributed by atoms with Crippen LogP contribution in [0, 0.1) is 13.8 Å². The van der Waals surface area contributed by atoms with E-state index in [1.54, 1.807) is 12.1 Å². The van der Waals surface area contributed by atoms with Crippen LogP contribution in [0.1, 0.15) is 37.5 Å². The lowest BCUT2D eigenvalue weighted by Crippen LogP contribution is -2.24. The van der Waals surface area contributed by atoms with Gasteiger partial charge in [0.15, 0.2) is 0 Å². The molecule has 1 heterocycles. The van der Waals surface area contributed by atoms with Crippen molar-refractivity contribution in [2.24, 2.45) is 0 Å². The number of nitrogens with one attached hydrogen (secondary N) is 2. The first kappa shape index (κ1) is 19.6. The molecule has 0 saturated carbocycles. The Balaban J connectivity index is 1.70. The monoisotopic (exact) mass is 393 g/mol. The Morgan fingerprint density at radius 1 is 1.00 bits per heavy atom. The molecule has 0 radical (unpaired) electrons. The average Bonchev–Trinajstić information content (AvgIpc) is 2.70. The number of pyridine rings is 1. The normalized spacial score (nSPS) is 10.4. The van der Waals surface area contributed by atoms with Gasteiger partial charge in [-0.3, -0.25) is 14.6 Å². The lowest BCUT2D eigenvalue weighted by atomic mass is 10.1. The predicted octanol–water partition coefficient (Wildman–Crippen LogP) is 4.53. The van der Waals surface area contributed by atoms with Crippen LogP contribution in [0.5, 0.6) is 0 Å². The average molecular weight is 394 g/mol. The minimum absolute atomic E-state index is 0.172. The van der Waals surface area contributed by atoms with E-state index in [1.165, 1.54) is 12.3 Å². The van der Waals surface area contributed by atoms with E-state index in [1.807, 2.05) is 50.2 Å². The zero-order valence-corrected chi connectivity index (χ0v) is 16.4. The van der Waals surface area contributed by atoms with Gasteiger partial charge in [-0.1, -0.05) is 41.9 Å². The summed E-state index contributed by atoms with van der Waals surface area (Å²) < 4.78 is 0. The summed E-state index contributed by atoms with van der Waals surface area (Å²) in [6, 6.07) is 16.2. The first-order chi connectivity index (χ1) is 13.4. The first-order valence-electron chi connectivity index (χ1n) is 8.80. The van der Waals surface area contributed by atoms with Crippen molar-refractivity contribution >= 4 is 29.1 Å². The highest BCUT2D eigenvalue weighted by Crippen LogP contribution is 2.18. The molecule has 0 fully saturated rings. The van der Waals surface area contributed by atoms with Gasteiger partial charge in [0, 0.05) is 29.0 Å². The maximum Gasteiger partial charge on any atom is 0.274 e. The fraction of sp³-hybridized carbons (Fsp3) is 0.136. The Morgan fingerprint density at radius 2 is 1.79 bits per heavy atom. The molecule has 0 aliphatic rings. The molecule has 1 aromatic heterocycles. The maximum absolute atomic E-state index is 12.6. The molecule has 0 saturated heterocycles.